The van der Waals surface area contributed by atoms with Crippen molar-refractivity contribution < 1.29 is 8.83 Å². The van der Waals surface area contributed by atoms with Gasteiger partial charge in [0, 0.05) is 22.8 Å². The third-order valence-corrected chi connectivity index (χ3v) is 5.84. The van der Waals surface area contributed by atoms with Crippen LogP contribution in [0.4, 0.5) is 0 Å². The number of aryl methyl sites for hydroxylation is 2. The van der Waals surface area contributed by atoms with Crippen LogP contribution in [0.2, 0.25) is 0 Å². The van der Waals surface area contributed by atoms with Crippen LogP contribution in [-0.2, 0) is 5.75 Å². The molecule has 2 aromatic carbocycles. The number of fused-ring (bicyclic) bond motifs is 1. The highest BCUT2D eigenvalue weighted by Gasteiger charge is 2.14. The number of aromatic nitrogens is 2. The Morgan fingerprint density at radius 1 is 1.00 bits per heavy atom. The molecule has 0 aliphatic carbocycles. The van der Waals surface area contributed by atoms with Gasteiger partial charge in [-0.05, 0) is 60.2 Å². The van der Waals surface area contributed by atoms with E-state index in [2.05, 4.69) is 30.1 Å². The summed E-state index contributed by atoms with van der Waals surface area (Å²) in [5.41, 5.74) is 5.54. The van der Waals surface area contributed by atoms with Gasteiger partial charge in [0.1, 0.15) is 5.58 Å². The van der Waals surface area contributed by atoms with Crippen LogP contribution in [0.5, 0.6) is 0 Å². The summed E-state index contributed by atoms with van der Waals surface area (Å²) in [7, 11) is 0. The van der Waals surface area contributed by atoms with Crippen LogP contribution < -0.4 is 5.63 Å². The highest BCUT2D eigenvalue weighted by molar-refractivity contribution is 7.98. The topological polar surface area (TPSA) is 69.1 Å². The number of nitrogens with zero attached hydrogens (tertiary/aromatic N) is 2. The van der Waals surface area contributed by atoms with Gasteiger partial charge in [0.2, 0.25) is 5.89 Å². The van der Waals surface area contributed by atoms with Gasteiger partial charge < -0.3 is 8.83 Å². The van der Waals surface area contributed by atoms with Crippen LogP contribution in [0, 0.1) is 13.8 Å². The molecule has 0 bridgehead atoms. The lowest BCUT2D eigenvalue weighted by Gasteiger charge is -2.12. The van der Waals surface area contributed by atoms with Crippen molar-refractivity contribution in [1.29, 1.82) is 0 Å². The van der Waals surface area contributed by atoms with Crippen LogP contribution >= 0.6 is 11.8 Å². The van der Waals surface area contributed by atoms with E-state index in [9.17, 15) is 4.79 Å². The number of thioether (sulfide) groups is 1. The minimum Gasteiger partial charge on any atom is -0.423 e. The number of benzene rings is 2. The predicted octanol–water partition coefficient (Wildman–Crippen LogP) is 5.88. The fourth-order valence-electron chi connectivity index (χ4n) is 3.46. The molecule has 0 saturated carbocycles. The molecule has 0 atom stereocenters. The summed E-state index contributed by atoms with van der Waals surface area (Å²) in [6, 6.07) is 13.5. The quantitative estimate of drug-likeness (QED) is 0.305. The molecule has 0 radical (unpaired) electrons. The summed E-state index contributed by atoms with van der Waals surface area (Å²) >= 11 is 1.42. The first-order chi connectivity index (χ1) is 13.9. The van der Waals surface area contributed by atoms with Crippen molar-refractivity contribution in [2.24, 2.45) is 0 Å². The minimum atomic E-state index is -0.351. The maximum Gasteiger partial charge on any atom is 0.336 e. The van der Waals surface area contributed by atoms with Gasteiger partial charge in [0.05, 0.1) is 0 Å². The number of hydrogen-bond acceptors (Lipinski definition) is 6. The second-order valence-electron chi connectivity index (χ2n) is 7.43. The Labute approximate surface area is 173 Å². The molecular formula is C23H22N2O3S. The first kappa shape index (κ1) is 19.5. The molecule has 5 nitrogen and oxygen atoms in total. The van der Waals surface area contributed by atoms with E-state index in [0.717, 1.165) is 27.6 Å². The molecule has 4 aromatic rings. The second kappa shape index (κ2) is 7.87. The molecule has 0 fully saturated rings. The number of rotatable bonds is 5. The van der Waals surface area contributed by atoms with Gasteiger partial charge >= 0.3 is 5.63 Å². The van der Waals surface area contributed by atoms with E-state index >= 15 is 0 Å². The molecule has 2 aromatic heterocycles. The van der Waals surface area contributed by atoms with Gasteiger partial charge in [-0.1, -0.05) is 43.8 Å². The van der Waals surface area contributed by atoms with E-state index in [4.69, 9.17) is 8.83 Å². The largest absolute Gasteiger partial charge is 0.423 e. The summed E-state index contributed by atoms with van der Waals surface area (Å²) < 4.78 is 11.3. The van der Waals surface area contributed by atoms with E-state index in [0.29, 0.717) is 28.4 Å². The third-order valence-electron chi connectivity index (χ3n) is 4.97. The first-order valence-electron chi connectivity index (χ1n) is 9.52. The molecular weight excluding hydrogens is 384 g/mol. The fourth-order valence-corrected chi connectivity index (χ4v) is 4.22. The smallest absolute Gasteiger partial charge is 0.336 e. The summed E-state index contributed by atoms with van der Waals surface area (Å²) in [4.78, 5) is 12.0. The highest BCUT2D eigenvalue weighted by atomic mass is 32.2. The van der Waals surface area contributed by atoms with E-state index in [1.54, 1.807) is 6.07 Å². The molecule has 6 heteroatoms. The molecule has 148 valence electrons. The lowest BCUT2D eigenvalue weighted by molar-refractivity contribution is 0.465. The Hall–Kier alpha value is -2.86. The van der Waals surface area contributed by atoms with E-state index < -0.39 is 0 Å². The summed E-state index contributed by atoms with van der Waals surface area (Å²) in [5.74, 6) is 1.43. The lowest BCUT2D eigenvalue weighted by atomic mass is 9.95. The van der Waals surface area contributed by atoms with Crippen molar-refractivity contribution in [2.75, 3.05) is 0 Å². The van der Waals surface area contributed by atoms with Gasteiger partial charge in [-0.2, -0.15) is 0 Å². The van der Waals surface area contributed by atoms with Crippen molar-refractivity contribution in [2.45, 2.75) is 44.6 Å². The van der Waals surface area contributed by atoms with Crippen molar-refractivity contribution in [1.82, 2.24) is 10.2 Å². The highest BCUT2D eigenvalue weighted by Crippen LogP contribution is 2.31. The molecule has 0 unspecified atom stereocenters. The zero-order chi connectivity index (χ0) is 20.5. The molecule has 0 amide bonds. The van der Waals surface area contributed by atoms with Crippen molar-refractivity contribution >= 4 is 22.7 Å². The molecule has 0 saturated heterocycles. The van der Waals surface area contributed by atoms with E-state index in [1.165, 1.54) is 17.3 Å². The monoisotopic (exact) mass is 406 g/mol. The second-order valence-corrected chi connectivity index (χ2v) is 8.35. The molecule has 0 aliphatic rings. The third kappa shape index (κ3) is 3.98. The lowest BCUT2D eigenvalue weighted by Crippen LogP contribution is -2.02. The van der Waals surface area contributed by atoms with Gasteiger partial charge in [-0.25, -0.2) is 4.79 Å². The van der Waals surface area contributed by atoms with Crippen LogP contribution in [-0.4, -0.2) is 10.2 Å². The van der Waals surface area contributed by atoms with Crippen molar-refractivity contribution in [3.63, 3.8) is 0 Å². The Balaban J connectivity index is 1.64. The summed E-state index contributed by atoms with van der Waals surface area (Å²) in [6.45, 7) is 8.37. The maximum absolute atomic E-state index is 12.0. The first-order valence-corrected chi connectivity index (χ1v) is 10.5. The van der Waals surface area contributed by atoms with Crippen LogP contribution in [0.25, 0.3) is 22.4 Å². The SMILES string of the molecule is Cc1ccccc1-c1nnc(SCc2cc(=O)oc3cc(C)c(C(C)C)cc23)o1. The molecule has 4 rings (SSSR count). The standard InChI is InChI=1S/C23H22N2O3S/c1-13(2)18-11-19-16(10-21(26)27-20(19)9-15(18)4)12-29-23-25-24-22(28-23)17-8-6-5-7-14(17)3/h5-11,13H,12H2,1-4H3. The molecule has 29 heavy (non-hydrogen) atoms. The fraction of sp³-hybridized carbons (Fsp3) is 0.261. The molecule has 0 aliphatic heterocycles. The van der Waals surface area contributed by atoms with Crippen LogP contribution in [0.3, 0.4) is 0 Å². The van der Waals surface area contributed by atoms with Gasteiger partial charge in [0.15, 0.2) is 0 Å². The average molecular weight is 407 g/mol. The molecule has 0 spiro atoms. The van der Waals surface area contributed by atoms with Crippen molar-refractivity contribution in [3.8, 4) is 11.5 Å². The minimum absolute atomic E-state index is 0.351. The maximum atomic E-state index is 12.0. The zero-order valence-electron chi connectivity index (χ0n) is 16.9. The Morgan fingerprint density at radius 3 is 2.55 bits per heavy atom. The zero-order valence-corrected chi connectivity index (χ0v) is 17.7. The average Bonchev–Trinajstić information content (AvgIpc) is 3.14. The van der Waals surface area contributed by atoms with E-state index in [1.807, 2.05) is 44.2 Å². The van der Waals surface area contributed by atoms with Gasteiger partial charge in [0.25, 0.3) is 5.22 Å². The summed E-state index contributed by atoms with van der Waals surface area (Å²) in [5, 5.41) is 9.75. The van der Waals surface area contributed by atoms with Crippen LogP contribution in [0.1, 0.15) is 42.0 Å². The normalized spacial score (nSPS) is 11.5. The Morgan fingerprint density at radius 2 is 1.79 bits per heavy atom. The van der Waals surface area contributed by atoms with E-state index in [-0.39, 0.29) is 5.63 Å². The molecule has 2 heterocycles. The van der Waals surface area contributed by atoms with Crippen molar-refractivity contribution in [3.05, 3.63) is 75.1 Å². The number of hydrogen-bond donors (Lipinski definition) is 0. The Bertz CT molecular complexity index is 1240. The predicted molar refractivity (Wildman–Crippen MR) is 115 cm³/mol. The van der Waals surface area contributed by atoms with Gasteiger partial charge in [-0.15, -0.1) is 10.2 Å². The van der Waals surface area contributed by atoms with Gasteiger partial charge in [-0.3, -0.25) is 0 Å². The Kier molecular flexibility index (Phi) is 5.28. The van der Waals surface area contributed by atoms with Crippen LogP contribution in [0.15, 0.2) is 61.3 Å². The molecule has 0 N–H and O–H groups in total. The summed E-state index contributed by atoms with van der Waals surface area (Å²) in [6.07, 6.45) is 0.